The molecule has 1 aliphatic heterocycles. The van der Waals surface area contributed by atoms with E-state index in [1.807, 2.05) is 0 Å². The average Bonchev–Trinajstić information content (AvgIpc) is 2.45. The van der Waals surface area contributed by atoms with Gasteiger partial charge < -0.3 is 4.74 Å². The van der Waals surface area contributed by atoms with Crippen LogP contribution >= 0.6 is 11.6 Å². The first-order valence-electron chi connectivity index (χ1n) is 7.98. The van der Waals surface area contributed by atoms with Crippen LogP contribution in [0.15, 0.2) is 18.2 Å². The molecule has 1 aromatic carbocycles. The Morgan fingerprint density at radius 2 is 2.10 bits per heavy atom. The SMILES string of the molecule is CC1(C)CCCCC1C(Cl)c1ccc2c(c1)CCCO2. The summed E-state index contributed by atoms with van der Waals surface area (Å²) in [4.78, 5) is 0. The molecule has 0 saturated heterocycles. The van der Waals surface area contributed by atoms with Gasteiger partial charge in [0.05, 0.1) is 12.0 Å². The van der Waals surface area contributed by atoms with Crippen LogP contribution in [0.1, 0.15) is 62.5 Å². The molecule has 0 spiro atoms. The van der Waals surface area contributed by atoms with Gasteiger partial charge >= 0.3 is 0 Å². The normalized spacial score (nSPS) is 26.4. The van der Waals surface area contributed by atoms with Crippen molar-refractivity contribution in [2.45, 2.75) is 57.7 Å². The van der Waals surface area contributed by atoms with Crippen molar-refractivity contribution >= 4 is 11.6 Å². The van der Waals surface area contributed by atoms with Crippen molar-refractivity contribution in [2.24, 2.45) is 11.3 Å². The van der Waals surface area contributed by atoms with Crippen molar-refractivity contribution in [3.05, 3.63) is 29.3 Å². The van der Waals surface area contributed by atoms with Crippen molar-refractivity contribution in [2.75, 3.05) is 6.61 Å². The number of hydrogen-bond donors (Lipinski definition) is 0. The Bertz CT molecular complexity index is 480. The molecule has 2 atom stereocenters. The molecule has 110 valence electrons. The molecule has 1 heterocycles. The standard InChI is InChI=1S/C18H25ClO/c1-18(2)10-4-3-7-15(18)17(19)14-8-9-16-13(12-14)6-5-11-20-16/h8-9,12,15,17H,3-7,10-11H2,1-2H3. The molecule has 0 N–H and O–H groups in total. The van der Waals surface area contributed by atoms with E-state index in [1.165, 1.54) is 36.8 Å². The Hall–Kier alpha value is -0.690. The van der Waals surface area contributed by atoms with Gasteiger partial charge in [0.25, 0.3) is 0 Å². The third-order valence-corrected chi connectivity index (χ3v) is 5.75. The molecule has 20 heavy (non-hydrogen) atoms. The lowest BCUT2D eigenvalue weighted by Crippen LogP contribution is -2.31. The molecule has 1 aliphatic carbocycles. The highest BCUT2D eigenvalue weighted by atomic mass is 35.5. The van der Waals surface area contributed by atoms with Crippen molar-refractivity contribution < 1.29 is 4.74 Å². The predicted molar refractivity (Wildman–Crippen MR) is 84.6 cm³/mol. The van der Waals surface area contributed by atoms with E-state index >= 15 is 0 Å². The Balaban J connectivity index is 1.84. The summed E-state index contributed by atoms with van der Waals surface area (Å²) in [7, 11) is 0. The van der Waals surface area contributed by atoms with E-state index in [9.17, 15) is 0 Å². The van der Waals surface area contributed by atoms with Crippen LogP contribution in [-0.2, 0) is 6.42 Å². The number of rotatable bonds is 2. The van der Waals surface area contributed by atoms with Crippen molar-refractivity contribution in [1.29, 1.82) is 0 Å². The molecule has 1 saturated carbocycles. The maximum atomic E-state index is 6.87. The Labute approximate surface area is 127 Å². The van der Waals surface area contributed by atoms with E-state index in [1.54, 1.807) is 0 Å². The summed E-state index contributed by atoms with van der Waals surface area (Å²) in [6, 6.07) is 6.58. The van der Waals surface area contributed by atoms with Crippen LogP contribution < -0.4 is 4.74 Å². The van der Waals surface area contributed by atoms with Crippen LogP contribution in [0.5, 0.6) is 5.75 Å². The highest BCUT2D eigenvalue weighted by Crippen LogP contribution is 2.49. The molecular formula is C18H25ClO. The zero-order chi connectivity index (χ0) is 14.2. The quantitative estimate of drug-likeness (QED) is 0.653. The lowest BCUT2D eigenvalue weighted by atomic mass is 9.66. The van der Waals surface area contributed by atoms with Crippen LogP contribution in [0.3, 0.4) is 0 Å². The third kappa shape index (κ3) is 2.70. The summed E-state index contributed by atoms with van der Waals surface area (Å²) in [5, 5.41) is 0.137. The van der Waals surface area contributed by atoms with Gasteiger partial charge in [0.15, 0.2) is 0 Å². The van der Waals surface area contributed by atoms with E-state index < -0.39 is 0 Å². The number of benzene rings is 1. The van der Waals surface area contributed by atoms with Gasteiger partial charge in [-0.3, -0.25) is 0 Å². The number of halogens is 1. The van der Waals surface area contributed by atoms with Crippen molar-refractivity contribution in [3.8, 4) is 5.75 Å². The minimum Gasteiger partial charge on any atom is -0.493 e. The zero-order valence-corrected chi connectivity index (χ0v) is 13.4. The number of aryl methyl sites for hydroxylation is 1. The second kappa shape index (κ2) is 5.60. The molecule has 0 amide bonds. The van der Waals surface area contributed by atoms with Gasteiger partial charge in [-0.2, -0.15) is 0 Å². The van der Waals surface area contributed by atoms with E-state index in [4.69, 9.17) is 16.3 Å². The van der Waals surface area contributed by atoms with Crippen LogP contribution in [-0.4, -0.2) is 6.61 Å². The smallest absolute Gasteiger partial charge is 0.122 e. The monoisotopic (exact) mass is 292 g/mol. The van der Waals surface area contributed by atoms with Gasteiger partial charge in [-0.15, -0.1) is 11.6 Å². The minimum atomic E-state index is 0.137. The zero-order valence-electron chi connectivity index (χ0n) is 12.6. The Morgan fingerprint density at radius 1 is 1.25 bits per heavy atom. The molecule has 1 nitrogen and oxygen atoms in total. The molecule has 0 radical (unpaired) electrons. The fraction of sp³-hybridized carbons (Fsp3) is 0.667. The lowest BCUT2D eigenvalue weighted by molar-refractivity contribution is 0.133. The topological polar surface area (TPSA) is 9.23 Å². The highest BCUT2D eigenvalue weighted by molar-refractivity contribution is 6.21. The number of alkyl halides is 1. The molecule has 0 aromatic heterocycles. The van der Waals surface area contributed by atoms with Gasteiger partial charge in [0.1, 0.15) is 5.75 Å². The Kier molecular flexibility index (Phi) is 3.99. The first-order valence-corrected chi connectivity index (χ1v) is 8.41. The number of ether oxygens (including phenoxy) is 1. The molecule has 2 heteroatoms. The first kappa shape index (κ1) is 14.3. The lowest BCUT2D eigenvalue weighted by Gasteiger charge is -2.41. The summed E-state index contributed by atoms with van der Waals surface area (Å²) in [6.45, 7) is 5.62. The Morgan fingerprint density at radius 3 is 2.90 bits per heavy atom. The molecule has 2 aliphatic rings. The van der Waals surface area contributed by atoms with Crippen LogP contribution in [0.4, 0.5) is 0 Å². The first-order chi connectivity index (χ1) is 9.58. The fourth-order valence-electron chi connectivity index (χ4n) is 3.85. The van der Waals surface area contributed by atoms with Gasteiger partial charge in [-0.1, -0.05) is 38.8 Å². The largest absolute Gasteiger partial charge is 0.493 e. The van der Waals surface area contributed by atoms with E-state index in [2.05, 4.69) is 32.0 Å². The minimum absolute atomic E-state index is 0.137. The summed E-state index contributed by atoms with van der Waals surface area (Å²) in [5.74, 6) is 1.65. The number of fused-ring (bicyclic) bond motifs is 1. The average molecular weight is 293 g/mol. The highest BCUT2D eigenvalue weighted by Gasteiger charge is 2.37. The third-order valence-electron chi connectivity index (χ3n) is 5.19. The molecule has 1 fully saturated rings. The summed E-state index contributed by atoms with van der Waals surface area (Å²) >= 11 is 6.87. The van der Waals surface area contributed by atoms with E-state index in [0.29, 0.717) is 11.3 Å². The van der Waals surface area contributed by atoms with Crippen molar-refractivity contribution in [1.82, 2.24) is 0 Å². The van der Waals surface area contributed by atoms with Crippen LogP contribution in [0, 0.1) is 11.3 Å². The number of hydrogen-bond acceptors (Lipinski definition) is 1. The van der Waals surface area contributed by atoms with Gasteiger partial charge in [-0.05, 0) is 54.2 Å². The van der Waals surface area contributed by atoms with Crippen molar-refractivity contribution in [3.63, 3.8) is 0 Å². The molecular weight excluding hydrogens is 268 g/mol. The molecule has 3 rings (SSSR count). The van der Waals surface area contributed by atoms with Gasteiger partial charge in [0, 0.05) is 0 Å². The second-order valence-corrected chi connectivity index (χ2v) is 7.53. The van der Waals surface area contributed by atoms with Crippen LogP contribution in [0.2, 0.25) is 0 Å². The summed E-state index contributed by atoms with van der Waals surface area (Å²) in [6.07, 6.45) is 7.49. The molecule has 1 aromatic rings. The fourth-order valence-corrected chi connectivity index (χ4v) is 4.45. The predicted octanol–water partition coefficient (Wildman–Crippen LogP) is 5.51. The summed E-state index contributed by atoms with van der Waals surface area (Å²) in [5.41, 5.74) is 2.99. The maximum Gasteiger partial charge on any atom is 0.122 e. The van der Waals surface area contributed by atoms with E-state index in [-0.39, 0.29) is 5.38 Å². The second-order valence-electron chi connectivity index (χ2n) is 7.06. The van der Waals surface area contributed by atoms with Gasteiger partial charge in [0.2, 0.25) is 0 Å². The van der Waals surface area contributed by atoms with E-state index in [0.717, 1.165) is 25.2 Å². The maximum absolute atomic E-state index is 6.87. The van der Waals surface area contributed by atoms with Gasteiger partial charge in [-0.25, -0.2) is 0 Å². The van der Waals surface area contributed by atoms with Crippen LogP contribution in [0.25, 0.3) is 0 Å². The molecule has 2 unspecified atom stereocenters. The summed E-state index contributed by atoms with van der Waals surface area (Å²) < 4.78 is 5.70. The molecule has 0 bridgehead atoms.